The van der Waals surface area contributed by atoms with Crippen LogP contribution in [0.15, 0.2) is 30.3 Å². The van der Waals surface area contributed by atoms with Gasteiger partial charge < -0.3 is 10.4 Å². The molecular weight excluding hydrogens is 321 g/mol. The Morgan fingerprint density at radius 2 is 1.80 bits per heavy atom. The third-order valence-electron chi connectivity index (χ3n) is 2.71. The number of nitrogens with one attached hydrogen (secondary N) is 1. The van der Waals surface area contributed by atoms with Gasteiger partial charge in [-0.25, -0.2) is 0 Å². The van der Waals surface area contributed by atoms with Crippen LogP contribution < -0.4 is 5.32 Å². The Kier molecular flexibility index (Phi) is 4.43. The first-order chi connectivity index (χ1) is 9.38. The number of carbonyl (C=O) groups is 1. The van der Waals surface area contributed by atoms with Crippen LogP contribution in [-0.4, -0.2) is 11.0 Å². The Hall–Kier alpha value is -1.42. The van der Waals surface area contributed by atoms with Gasteiger partial charge in [0.05, 0.1) is 10.7 Å². The van der Waals surface area contributed by atoms with E-state index in [4.69, 9.17) is 34.8 Å². The molecule has 0 atom stereocenters. The zero-order chi connectivity index (χ0) is 14.9. The van der Waals surface area contributed by atoms with Crippen molar-refractivity contribution in [1.29, 1.82) is 0 Å². The van der Waals surface area contributed by atoms with Gasteiger partial charge in [0.1, 0.15) is 0 Å². The van der Waals surface area contributed by atoms with Gasteiger partial charge in [-0.3, -0.25) is 4.79 Å². The van der Waals surface area contributed by atoms with Crippen molar-refractivity contribution in [3.8, 4) is 5.75 Å². The highest BCUT2D eigenvalue weighted by Crippen LogP contribution is 2.35. The Morgan fingerprint density at radius 3 is 2.45 bits per heavy atom. The quantitative estimate of drug-likeness (QED) is 0.768. The third-order valence-corrected chi connectivity index (χ3v) is 3.62. The number of halogens is 3. The minimum Gasteiger partial charge on any atom is -0.504 e. The van der Waals surface area contributed by atoms with Crippen LogP contribution in [0, 0.1) is 6.92 Å². The number of phenolic OH excluding ortho intramolecular Hbond substituents is 1. The number of carbonyl (C=O) groups excluding carboxylic acids is 1. The largest absolute Gasteiger partial charge is 0.504 e. The number of benzene rings is 2. The van der Waals surface area contributed by atoms with Gasteiger partial charge in [-0.1, -0.05) is 40.9 Å². The maximum Gasteiger partial charge on any atom is 0.255 e. The summed E-state index contributed by atoms with van der Waals surface area (Å²) in [6, 6.07) is 7.73. The Bertz CT molecular complexity index is 686. The number of hydrogen-bond acceptors (Lipinski definition) is 2. The molecule has 0 heterocycles. The molecule has 20 heavy (non-hydrogen) atoms. The van der Waals surface area contributed by atoms with Crippen molar-refractivity contribution in [3.05, 3.63) is 56.5 Å². The number of aryl methyl sites for hydroxylation is 1. The summed E-state index contributed by atoms with van der Waals surface area (Å²) in [4.78, 5) is 12.1. The maximum atomic E-state index is 12.1. The van der Waals surface area contributed by atoms with Crippen molar-refractivity contribution in [3.63, 3.8) is 0 Å². The molecule has 2 aromatic rings. The molecule has 2 rings (SSSR count). The lowest BCUT2D eigenvalue weighted by atomic mass is 10.1. The molecule has 0 fully saturated rings. The molecule has 2 aromatic carbocycles. The molecule has 0 aliphatic carbocycles. The molecule has 0 aromatic heterocycles. The summed E-state index contributed by atoms with van der Waals surface area (Å²) < 4.78 is 0. The number of anilines is 1. The van der Waals surface area contributed by atoms with Gasteiger partial charge in [0.25, 0.3) is 5.91 Å². The fourth-order valence-electron chi connectivity index (χ4n) is 1.59. The molecule has 0 bridgehead atoms. The number of aromatic hydroxyl groups is 1. The predicted octanol–water partition coefficient (Wildman–Crippen LogP) is 4.91. The van der Waals surface area contributed by atoms with E-state index in [1.807, 2.05) is 6.92 Å². The summed E-state index contributed by atoms with van der Waals surface area (Å²) in [6.07, 6.45) is 0. The van der Waals surface area contributed by atoms with E-state index in [1.165, 1.54) is 12.1 Å². The van der Waals surface area contributed by atoms with E-state index in [1.54, 1.807) is 18.2 Å². The average Bonchev–Trinajstić information content (AvgIpc) is 2.38. The van der Waals surface area contributed by atoms with E-state index in [0.717, 1.165) is 5.56 Å². The molecule has 6 heteroatoms. The van der Waals surface area contributed by atoms with Gasteiger partial charge >= 0.3 is 0 Å². The van der Waals surface area contributed by atoms with E-state index in [0.29, 0.717) is 15.6 Å². The number of rotatable bonds is 2. The van der Waals surface area contributed by atoms with Crippen molar-refractivity contribution in [2.24, 2.45) is 0 Å². The van der Waals surface area contributed by atoms with Crippen LogP contribution in [0.3, 0.4) is 0 Å². The molecule has 0 aliphatic heterocycles. The number of hydrogen-bond donors (Lipinski definition) is 2. The lowest BCUT2D eigenvalue weighted by molar-refractivity contribution is 0.102. The normalized spacial score (nSPS) is 10.4. The highest BCUT2D eigenvalue weighted by Gasteiger charge is 2.13. The molecule has 0 saturated heterocycles. The van der Waals surface area contributed by atoms with Crippen molar-refractivity contribution < 1.29 is 9.90 Å². The summed E-state index contributed by atoms with van der Waals surface area (Å²) in [5.74, 6) is -0.650. The first-order valence-electron chi connectivity index (χ1n) is 5.64. The predicted molar refractivity (Wildman–Crippen MR) is 82.3 cm³/mol. The topological polar surface area (TPSA) is 49.3 Å². The van der Waals surface area contributed by atoms with Crippen molar-refractivity contribution >= 4 is 46.4 Å². The second-order valence-corrected chi connectivity index (χ2v) is 5.45. The Morgan fingerprint density at radius 1 is 1.10 bits per heavy atom. The zero-order valence-electron chi connectivity index (χ0n) is 10.4. The second kappa shape index (κ2) is 5.92. The molecule has 2 N–H and O–H groups in total. The highest BCUT2D eigenvalue weighted by molar-refractivity contribution is 6.36. The molecule has 0 radical (unpaired) electrons. The highest BCUT2D eigenvalue weighted by atomic mass is 35.5. The van der Waals surface area contributed by atoms with E-state index >= 15 is 0 Å². The lowest BCUT2D eigenvalue weighted by Crippen LogP contribution is -2.12. The van der Waals surface area contributed by atoms with E-state index in [9.17, 15) is 9.90 Å². The van der Waals surface area contributed by atoms with Crippen LogP contribution in [0.4, 0.5) is 5.69 Å². The molecule has 0 aliphatic rings. The van der Waals surface area contributed by atoms with Crippen molar-refractivity contribution in [2.75, 3.05) is 5.32 Å². The summed E-state index contributed by atoms with van der Waals surface area (Å²) in [7, 11) is 0. The van der Waals surface area contributed by atoms with Crippen LogP contribution >= 0.6 is 34.8 Å². The SMILES string of the molecule is Cc1ccc(C(=O)Nc2cc(Cl)cc(Cl)c2O)cc1Cl. The summed E-state index contributed by atoms with van der Waals surface area (Å²) >= 11 is 17.6. The average molecular weight is 331 g/mol. The fourth-order valence-corrected chi connectivity index (χ4v) is 2.26. The van der Waals surface area contributed by atoms with Gasteiger partial charge in [0.2, 0.25) is 0 Å². The van der Waals surface area contributed by atoms with Crippen LogP contribution in [0.25, 0.3) is 0 Å². The van der Waals surface area contributed by atoms with E-state index in [2.05, 4.69) is 5.32 Å². The van der Waals surface area contributed by atoms with Crippen molar-refractivity contribution in [2.45, 2.75) is 6.92 Å². The van der Waals surface area contributed by atoms with Gasteiger partial charge in [0, 0.05) is 15.6 Å². The number of amides is 1. The molecule has 0 spiro atoms. The molecule has 1 amide bonds. The Balaban J connectivity index is 2.30. The molecule has 0 saturated carbocycles. The van der Waals surface area contributed by atoms with Crippen LogP contribution in [0.5, 0.6) is 5.75 Å². The minimum atomic E-state index is -0.416. The first-order valence-corrected chi connectivity index (χ1v) is 6.77. The van der Waals surface area contributed by atoms with Gasteiger partial charge in [0.15, 0.2) is 5.75 Å². The monoisotopic (exact) mass is 329 g/mol. The smallest absolute Gasteiger partial charge is 0.255 e. The molecular formula is C14H10Cl3NO2. The fraction of sp³-hybridized carbons (Fsp3) is 0.0714. The van der Waals surface area contributed by atoms with Crippen LogP contribution in [-0.2, 0) is 0 Å². The standard InChI is InChI=1S/C14H10Cl3NO2/c1-7-2-3-8(4-10(7)16)14(20)18-12-6-9(15)5-11(17)13(12)19/h2-6,19H,1H3,(H,18,20). The molecule has 104 valence electrons. The van der Waals surface area contributed by atoms with Crippen LogP contribution in [0.1, 0.15) is 15.9 Å². The third kappa shape index (κ3) is 3.18. The van der Waals surface area contributed by atoms with Crippen LogP contribution in [0.2, 0.25) is 15.1 Å². The zero-order valence-corrected chi connectivity index (χ0v) is 12.6. The Labute approximate surface area is 131 Å². The van der Waals surface area contributed by atoms with E-state index in [-0.39, 0.29) is 16.5 Å². The first kappa shape index (κ1) is 15.0. The summed E-state index contributed by atoms with van der Waals surface area (Å²) in [5.41, 5.74) is 1.39. The molecule has 0 unspecified atom stereocenters. The summed E-state index contributed by atoms with van der Waals surface area (Å²) in [6.45, 7) is 1.84. The summed E-state index contributed by atoms with van der Waals surface area (Å²) in [5, 5.41) is 13.2. The second-order valence-electron chi connectivity index (χ2n) is 4.20. The minimum absolute atomic E-state index is 0.0646. The maximum absolute atomic E-state index is 12.1. The van der Waals surface area contributed by atoms with Gasteiger partial charge in [-0.2, -0.15) is 0 Å². The van der Waals surface area contributed by atoms with Gasteiger partial charge in [-0.05, 0) is 36.8 Å². The van der Waals surface area contributed by atoms with Gasteiger partial charge in [-0.15, -0.1) is 0 Å². The lowest BCUT2D eigenvalue weighted by Gasteiger charge is -2.10. The molecule has 3 nitrogen and oxygen atoms in total. The van der Waals surface area contributed by atoms with E-state index < -0.39 is 5.91 Å². The number of phenols is 1. The van der Waals surface area contributed by atoms with Crippen molar-refractivity contribution in [1.82, 2.24) is 0 Å².